The predicted molar refractivity (Wildman–Crippen MR) is 96.2 cm³/mol. The molecule has 0 atom stereocenters. The largest absolute Gasteiger partial charge is 0.0624 e. The van der Waals surface area contributed by atoms with Crippen LogP contribution < -0.4 is 5.19 Å². The summed E-state index contributed by atoms with van der Waals surface area (Å²) in [6.07, 6.45) is 0. The molecule has 4 aromatic carbocycles. The Kier molecular flexibility index (Phi) is 2.69. The number of halogens is 1. The average molecular weight is 337 g/mol. The van der Waals surface area contributed by atoms with Gasteiger partial charge in [-0.3, -0.25) is 0 Å². The molecule has 96 valence electrons. The van der Waals surface area contributed by atoms with Crippen molar-refractivity contribution in [3.05, 3.63) is 65.1 Å². The number of fused-ring (bicyclic) bond motifs is 4. The van der Waals surface area contributed by atoms with Crippen molar-refractivity contribution in [3.63, 3.8) is 0 Å². The fraction of sp³-hybridized carbons (Fsp3) is 0. The summed E-state index contributed by atoms with van der Waals surface area (Å²) < 4.78 is 1.18. The topological polar surface area (TPSA) is 0 Å². The maximum atomic E-state index is 3.68. The maximum absolute atomic E-state index is 3.68. The third-order valence-corrected chi connectivity index (χ3v) is 5.54. The highest BCUT2D eigenvalue weighted by atomic mass is 79.9. The van der Waals surface area contributed by atoms with Crippen molar-refractivity contribution < 1.29 is 0 Å². The Bertz CT molecular complexity index is 973. The van der Waals surface area contributed by atoms with Crippen LogP contribution in [-0.4, -0.2) is 10.2 Å². The SMILES string of the molecule is [SiH3]c1ccc(Br)c2ccc3cc4ccccc4cc3c12. The van der Waals surface area contributed by atoms with Crippen molar-refractivity contribution in [2.75, 3.05) is 0 Å². The summed E-state index contributed by atoms with van der Waals surface area (Å²) in [6, 6.07) is 22.1. The molecular weight excluding hydrogens is 324 g/mol. The van der Waals surface area contributed by atoms with Crippen LogP contribution in [0.4, 0.5) is 0 Å². The van der Waals surface area contributed by atoms with Gasteiger partial charge in [0.2, 0.25) is 0 Å². The first-order valence-corrected chi connectivity index (χ1v) is 8.54. The molecule has 4 rings (SSSR count). The number of hydrogen-bond acceptors (Lipinski definition) is 0. The van der Waals surface area contributed by atoms with Gasteiger partial charge in [0.05, 0.1) is 0 Å². The van der Waals surface area contributed by atoms with Crippen molar-refractivity contribution in [1.82, 2.24) is 0 Å². The first-order chi connectivity index (χ1) is 9.74. The summed E-state index contributed by atoms with van der Waals surface area (Å²) in [6.45, 7) is 0. The zero-order valence-electron chi connectivity index (χ0n) is 11.2. The van der Waals surface area contributed by atoms with E-state index in [2.05, 4.69) is 76.6 Å². The molecule has 20 heavy (non-hydrogen) atoms. The first kappa shape index (κ1) is 12.1. The molecule has 0 aromatic heterocycles. The normalized spacial score (nSPS) is 11.7. The standard InChI is InChI=1S/C18H13BrSi/c19-16-7-8-17(20)18-14(16)6-5-13-9-11-3-1-2-4-12(11)10-15(13)18/h1-10H,20H3. The fourth-order valence-corrected chi connectivity index (χ4v) is 4.18. The van der Waals surface area contributed by atoms with Crippen LogP contribution in [0.3, 0.4) is 0 Å². The minimum absolute atomic E-state index is 1.06. The molecule has 0 heterocycles. The van der Waals surface area contributed by atoms with E-state index < -0.39 is 0 Å². The number of benzene rings is 4. The summed E-state index contributed by atoms with van der Waals surface area (Å²) in [5.41, 5.74) is 0. The van der Waals surface area contributed by atoms with Gasteiger partial charge >= 0.3 is 0 Å². The molecule has 0 radical (unpaired) electrons. The van der Waals surface area contributed by atoms with Gasteiger partial charge in [0.1, 0.15) is 0 Å². The van der Waals surface area contributed by atoms with Gasteiger partial charge in [-0.25, -0.2) is 0 Å². The van der Waals surface area contributed by atoms with Crippen LogP contribution in [0, 0.1) is 0 Å². The molecular formula is C18H13BrSi. The molecule has 0 spiro atoms. The van der Waals surface area contributed by atoms with Gasteiger partial charge in [0, 0.05) is 14.7 Å². The second-order valence-electron chi connectivity index (χ2n) is 5.27. The Labute approximate surface area is 129 Å². The second kappa shape index (κ2) is 4.44. The van der Waals surface area contributed by atoms with Crippen molar-refractivity contribution in [1.29, 1.82) is 0 Å². The van der Waals surface area contributed by atoms with Crippen LogP contribution in [0.15, 0.2) is 65.1 Å². The van der Waals surface area contributed by atoms with Crippen molar-refractivity contribution in [2.24, 2.45) is 0 Å². The lowest BCUT2D eigenvalue weighted by atomic mass is 9.98. The molecule has 0 saturated carbocycles. The van der Waals surface area contributed by atoms with Gasteiger partial charge in [-0.2, -0.15) is 0 Å². The highest BCUT2D eigenvalue weighted by Crippen LogP contribution is 2.31. The highest BCUT2D eigenvalue weighted by Gasteiger charge is 2.07. The van der Waals surface area contributed by atoms with Gasteiger partial charge in [-0.1, -0.05) is 63.6 Å². The Hall–Kier alpha value is -1.64. The molecule has 4 aromatic rings. The summed E-state index contributed by atoms with van der Waals surface area (Å²) in [5, 5.41) is 9.51. The monoisotopic (exact) mass is 336 g/mol. The quantitative estimate of drug-likeness (QED) is 0.259. The molecule has 0 amide bonds. The lowest BCUT2D eigenvalue weighted by Gasteiger charge is -2.10. The molecule has 2 heteroatoms. The predicted octanol–water partition coefficient (Wildman–Crippen LogP) is 3.90. The van der Waals surface area contributed by atoms with Crippen molar-refractivity contribution >= 4 is 63.7 Å². The molecule has 0 saturated heterocycles. The van der Waals surface area contributed by atoms with E-state index in [9.17, 15) is 0 Å². The van der Waals surface area contributed by atoms with Crippen molar-refractivity contribution in [2.45, 2.75) is 0 Å². The third-order valence-electron chi connectivity index (χ3n) is 4.02. The van der Waals surface area contributed by atoms with Gasteiger partial charge in [-0.15, -0.1) is 0 Å². The molecule has 0 N–H and O–H groups in total. The maximum Gasteiger partial charge on any atom is 0.0393 e. The molecule has 0 nitrogen and oxygen atoms in total. The lowest BCUT2D eigenvalue weighted by Crippen LogP contribution is -2.03. The van der Waals surface area contributed by atoms with E-state index in [4.69, 9.17) is 0 Å². The van der Waals surface area contributed by atoms with Gasteiger partial charge in [0.25, 0.3) is 0 Å². The van der Waals surface area contributed by atoms with Gasteiger partial charge < -0.3 is 0 Å². The lowest BCUT2D eigenvalue weighted by molar-refractivity contribution is 1.76. The summed E-state index contributed by atoms with van der Waals surface area (Å²) in [7, 11) is 1.06. The van der Waals surface area contributed by atoms with Crippen LogP contribution in [0.25, 0.3) is 32.3 Å². The number of hydrogen-bond donors (Lipinski definition) is 0. The van der Waals surface area contributed by atoms with Crippen LogP contribution >= 0.6 is 15.9 Å². The van der Waals surface area contributed by atoms with Crippen LogP contribution in [0.1, 0.15) is 0 Å². The Balaban J connectivity index is 2.29. The second-order valence-corrected chi connectivity index (χ2v) is 7.20. The van der Waals surface area contributed by atoms with E-state index >= 15 is 0 Å². The number of rotatable bonds is 0. The Morgan fingerprint density at radius 2 is 1.45 bits per heavy atom. The fourth-order valence-electron chi connectivity index (χ4n) is 3.01. The Morgan fingerprint density at radius 1 is 0.700 bits per heavy atom. The van der Waals surface area contributed by atoms with E-state index in [1.165, 1.54) is 42.0 Å². The van der Waals surface area contributed by atoms with Gasteiger partial charge in [-0.05, 0) is 50.5 Å². The van der Waals surface area contributed by atoms with E-state index in [1.54, 1.807) is 0 Å². The molecule has 0 bridgehead atoms. The van der Waals surface area contributed by atoms with Crippen LogP contribution in [-0.2, 0) is 0 Å². The zero-order valence-corrected chi connectivity index (χ0v) is 14.7. The highest BCUT2D eigenvalue weighted by molar-refractivity contribution is 9.10. The van der Waals surface area contributed by atoms with Gasteiger partial charge in [0.15, 0.2) is 0 Å². The molecule has 0 aliphatic heterocycles. The summed E-state index contributed by atoms with van der Waals surface area (Å²) in [5.74, 6) is 0. The molecule has 0 aliphatic rings. The summed E-state index contributed by atoms with van der Waals surface area (Å²) in [4.78, 5) is 0. The molecule has 0 fully saturated rings. The summed E-state index contributed by atoms with van der Waals surface area (Å²) >= 11 is 3.68. The third kappa shape index (κ3) is 1.72. The van der Waals surface area contributed by atoms with E-state index in [0.29, 0.717) is 0 Å². The minimum Gasteiger partial charge on any atom is -0.0624 e. The molecule has 0 unspecified atom stereocenters. The molecule has 0 aliphatic carbocycles. The van der Waals surface area contributed by atoms with Crippen LogP contribution in [0.2, 0.25) is 0 Å². The van der Waals surface area contributed by atoms with E-state index in [0.717, 1.165) is 10.2 Å². The average Bonchev–Trinajstić information content (AvgIpc) is 2.48. The van der Waals surface area contributed by atoms with Crippen LogP contribution in [0.5, 0.6) is 0 Å². The zero-order chi connectivity index (χ0) is 13.7. The minimum atomic E-state index is 1.06. The van der Waals surface area contributed by atoms with E-state index in [1.807, 2.05) is 0 Å². The van der Waals surface area contributed by atoms with Crippen molar-refractivity contribution in [3.8, 4) is 0 Å². The van der Waals surface area contributed by atoms with E-state index in [-0.39, 0.29) is 0 Å². The Morgan fingerprint density at radius 3 is 2.25 bits per heavy atom. The smallest absolute Gasteiger partial charge is 0.0393 e. The first-order valence-electron chi connectivity index (χ1n) is 6.74.